The van der Waals surface area contributed by atoms with Gasteiger partial charge in [0, 0.05) is 5.69 Å². The van der Waals surface area contributed by atoms with Crippen LogP contribution in [0.1, 0.15) is 18.1 Å². The van der Waals surface area contributed by atoms with E-state index in [4.69, 9.17) is 19.3 Å². The fourth-order valence-electron chi connectivity index (χ4n) is 3.03. The molecule has 0 aliphatic heterocycles. The normalized spacial score (nSPS) is 10.7. The molecule has 0 aliphatic carbocycles. The number of carbonyl (C=O) groups is 2. The van der Waals surface area contributed by atoms with E-state index in [9.17, 15) is 14.9 Å². The summed E-state index contributed by atoms with van der Waals surface area (Å²) in [5.74, 6) is -0.475. The molecule has 8 nitrogen and oxygen atoms in total. The van der Waals surface area contributed by atoms with E-state index in [1.165, 1.54) is 12.1 Å². The van der Waals surface area contributed by atoms with Crippen molar-refractivity contribution >= 4 is 23.6 Å². The Morgan fingerprint density at radius 2 is 1.71 bits per heavy atom. The number of rotatable bonds is 11. The van der Waals surface area contributed by atoms with Crippen LogP contribution in [-0.4, -0.2) is 30.2 Å². The van der Waals surface area contributed by atoms with Crippen molar-refractivity contribution in [2.45, 2.75) is 13.5 Å². The molecule has 3 aromatic rings. The minimum absolute atomic E-state index is 0.115. The Balaban J connectivity index is 1.66. The Bertz CT molecular complexity index is 1230. The first-order valence-electron chi connectivity index (χ1n) is 10.8. The number of carboxylic acids is 1. The Kier molecular flexibility index (Phi) is 8.85. The molecule has 8 heteroatoms. The maximum atomic E-state index is 12.6. The number of aliphatic carboxylic acids is 1. The average Bonchev–Trinajstić information content (AvgIpc) is 2.87. The van der Waals surface area contributed by atoms with E-state index >= 15 is 0 Å². The minimum atomic E-state index is -1.12. The van der Waals surface area contributed by atoms with Gasteiger partial charge in [0.05, 0.1) is 6.61 Å². The number of carboxylic acid groups (broad SMARTS) is 1. The number of ether oxygens (including phenoxy) is 3. The van der Waals surface area contributed by atoms with E-state index in [0.717, 1.165) is 5.56 Å². The highest BCUT2D eigenvalue weighted by Gasteiger charge is 2.12. The first kappa shape index (κ1) is 24.9. The molecule has 0 atom stereocenters. The van der Waals surface area contributed by atoms with Gasteiger partial charge < -0.3 is 24.6 Å². The molecular weight excluding hydrogens is 448 g/mol. The summed E-state index contributed by atoms with van der Waals surface area (Å²) >= 11 is 0. The SMILES string of the molecule is CCOc1cc(/C=C(\C#N)C(=O)Nc2ccc(OCc3ccccc3)cc2)ccc1OCC(=O)O. The van der Waals surface area contributed by atoms with Crippen molar-refractivity contribution in [2.24, 2.45) is 0 Å². The highest BCUT2D eigenvalue weighted by molar-refractivity contribution is 6.09. The number of nitrogens with zero attached hydrogens (tertiary/aromatic N) is 1. The van der Waals surface area contributed by atoms with E-state index in [-0.39, 0.29) is 11.3 Å². The molecule has 35 heavy (non-hydrogen) atoms. The summed E-state index contributed by atoms with van der Waals surface area (Å²) in [6.07, 6.45) is 1.41. The molecular formula is C27H24N2O6. The second kappa shape index (κ2) is 12.5. The first-order valence-corrected chi connectivity index (χ1v) is 10.8. The van der Waals surface area contributed by atoms with Gasteiger partial charge in [-0.15, -0.1) is 0 Å². The summed E-state index contributed by atoms with van der Waals surface area (Å²) in [7, 11) is 0. The lowest BCUT2D eigenvalue weighted by atomic mass is 10.1. The van der Waals surface area contributed by atoms with Crippen LogP contribution in [0.2, 0.25) is 0 Å². The predicted octanol–water partition coefficient (Wildman–Crippen LogP) is 4.67. The lowest BCUT2D eigenvalue weighted by Gasteiger charge is -2.11. The highest BCUT2D eigenvalue weighted by Crippen LogP contribution is 2.29. The van der Waals surface area contributed by atoms with Gasteiger partial charge in [-0.25, -0.2) is 4.79 Å². The van der Waals surface area contributed by atoms with Gasteiger partial charge in [0.1, 0.15) is 24.0 Å². The van der Waals surface area contributed by atoms with E-state index in [0.29, 0.717) is 36.0 Å². The quantitative estimate of drug-likeness (QED) is 0.307. The van der Waals surface area contributed by atoms with Crippen molar-refractivity contribution in [1.82, 2.24) is 0 Å². The molecule has 0 spiro atoms. The number of hydrogen-bond donors (Lipinski definition) is 2. The fraction of sp³-hybridized carbons (Fsp3) is 0.148. The van der Waals surface area contributed by atoms with Crippen molar-refractivity contribution in [1.29, 1.82) is 5.26 Å². The maximum absolute atomic E-state index is 12.6. The van der Waals surface area contributed by atoms with Crippen LogP contribution in [-0.2, 0) is 16.2 Å². The summed E-state index contributed by atoms with van der Waals surface area (Å²) in [5.41, 5.74) is 1.96. The molecule has 0 bridgehead atoms. The zero-order valence-electron chi connectivity index (χ0n) is 19.1. The van der Waals surface area contributed by atoms with Gasteiger partial charge in [0.2, 0.25) is 0 Å². The summed E-state index contributed by atoms with van der Waals surface area (Å²) in [5, 5.41) is 21.0. The van der Waals surface area contributed by atoms with Gasteiger partial charge in [-0.05, 0) is 60.5 Å². The Labute approximate surface area is 203 Å². The van der Waals surface area contributed by atoms with Gasteiger partial charge in [-0.1, -0.05) is 36.4 Å². The highest BCUT2D eigenvalue weighted by atomic mass is 16.5. The molecule has 0 heterocycles. The summed E-state index contributed by atoms with van der Waals surface area (Å²) in [4.78, 5) is 23.4. The Hall–Kier alpha value is -4.77. The number of anilines is 1. The summed E-state index contributed by atoms with van der Waals surface area (Å²) in [6.45, 7) is 2.01. The third-order valence-corrected chi connectivity index (χ3v) is 4.66. The van der Waals surface area contributed by atoms with Gasteiger partial charge >= 0.3 is 5.97 Å². The second-order valence-corrected chi connectivity index (χ2v) is 7.24. The molecule has 0 fully saturated rings. The molecule has 2 N–H and O–H groups in total. The average molecular weight is 472 g/mol. The number of carbonyl (C=O) groups excluding carboxylic acids is 1. The van der Waals surface area contributed by atoms with E-state index in [2.05, 4.69) is 5.32 Å². The predicted molar refractivity (Wildman–Crippen MR) is 130 cm³/mol. The molecule has 3 aromatic carbocycles. The van der Waals surface area contributed by atoms with Crippen molar-refractivity contribution in [3.63, 3.8) is 0 Å². The monoisotopic (exact) mass is 472 g/mol. The van der Waals surface area contributed by atoms with Crippen LogP contribution >= 0.6 is 0 Å². The largest absolute Gasteiger partial charge is 0.490 e. The zero-order valence-corrected chi connectivity index (χ0v) is 19.1. The van der Waals surface area contributed by atoms with Crippen LogP contribution in [0.3, 0.4) is 0 Å². The van der Waals surface area contributed by atoms with Gasteiger partial charge in [0.15, 0.2) is 18.1 Å². The van der Waals surface area contributed by atoms with Crippen molar-refractivity contribution in [3.8, 4) is 23.3 Å². The Morgan fingerprint density at radius 1 is 0.971 bits per heavy atom. The fourth-order valence-corrected chi connectivity index (χ4v) is 3.03. The number of hydrogen-bond acceptors (Lipinski definition) is 6. The first-order chi connectivity index (χ1) is 17.0. The number of nitrogens with one attached hydrogen (secondary N) is 1. The van der Waals surface area contributed by atoms with Crippen LogP contribution in [0.15, 0.2) is 78.4 Å². The van der Waals surface area contributed by atoms with E-state index < -0.39 is 18.5 Å². The van der Waals surface area contributed by atoms with Crippen molar-refractivity contribution in [2.75, 3.05) is 18.5 Å². The third kappa shape index (κ3) is 7.65. The van der Waals surface area contributed by atoms with Crippen LogP contribution in [0, 0.1) is 11.3 Å². The van der Waals surface area contributed by atoms with Gasteiger partial charge in [-0.2, -0.15) is 5.26 Å². The van der Waals surface area contributed by atoms with Crippen LogP contribution in [0.25, 0.3) is 6.08 Å². The molecule has 0 unspecified atom stereocenters. The topological polar surface area (TPSA) is 118 Å². The molecule has 0 saturated heterocycles. The number of nitriles is 1. The number of benzene rings is 3. The molecule has 0 saturated carbocycles. The lowest BCUT2D eigenvalue weighted by molar-refractivity contribution is -0.139. The van der Waals surface area contributed by atoms with E-state index in [1.807, 2.05) is 36.4 Å². The van der Waals surface area contributed by atoms with Crippen molar-refractivity contribution < 1.29 is 28.9 Å². The Morgan fingerprint density at radius 3 is 2.37 bits per heavy atom. The van der Waals surface area contributed by atoms with Crippen LogP contribution < -0.4 is 19.5 Å². The third-order valence-electron chi connectivity index (χ3n) is 4.66. The summed E-state index contributed by atoms with van der Waals surface area (Å²) < 4.78 is 16.5. The molecule has 1 amide bonds. The van der Waals surface area contributed by atoms with Crippen LogP contribution in [0.5, 0.6) is 17.2 Å². The zero-order chi connectivity index (χ0) is 25.0. The molecule has 0 aromatic heterocycles. The van der Waals surface area contributed by atoms with Crippen molar-refractivity contribution in [3.05, 3.63) is 89.5 Å². The molecule has 0 aliphatic rings. The van der Waals surface area contributed by atoms with Crippen LogP contribution in [0.4, 0.5) is 5.69 Å². The molecule has 178 valence electrons. The van der Waals surface area contributed by atoms with Gasteiger partial charge in [-0.3, -0.25) is 4.79 Å². The van der Waals surface area contributed by atoms with E-state index in [1.54, 1.807) is 43.3 Å². The lowest BCUT2D eigenvalue weighted by Crippen LogP contribution is -2.13. The number of amides is 1. The van der Waals surface area contributed by atoms with Gasteiger partial charge in [0.25, 0.3) is 5.91 Å². The molecule has 0 radical (unpaired) electrons. The molecule has 3 rings (SSSR count). The summed E-state index contributed by atoms with van der Waals surface area (Å²) in [6, 6.07) is 23.2. The standard InChI is InChI=1S/C27H24N2O6/c1-2-33-25-15-20(8-13-24(25)35-18-26(30)31)14-21(16-28)27(32)29-22-9-11-23(12-10-22)34-17-19-6-4-3-5-7-19/h3-15H,2,17-18H2,1H3,(H,29,32)(H,30,31)/b21-14+. The smallest absolute Gasteiger partial charge is 0.341 e. The minimum Gasteiger partial charge on any atom is -0.490 e. The second-order valence-electron chi connectivity index (χ2n) is 7.24. The maximum Gasteiger partial charge on any atom is 0.341 e.